The molecule has 0 aliphatic heterocycles. The highest BCUT2D eigenvalue weighted by Gasteiger charge is 2.03. The Balaban J connectivity index is 2.01. The molecule has 1 aromatic carbocycles. The Morgan fingerprint density at radius 2 is 1.60 bits per heavy atom. The van der Waals surface area contributed by atoms with Crippen LogP contribution in [0.5, 0.6) is 0 Å². The Bertz CT molecular complexity index is 345. The van der Waals surface area contributed by atoms with Crippen molar-refractivity contribution in [3.63, 3.8) is 0 Å². The van der Waals surface area contributed by atoms with E-state index >= 15 is 0 Å². The van der Waals surface area contributed by atoms with Gasteiger partial charge in [0.05, 0.1) is 0 Å². The standard InChI is InChI=1S/C19H33N/c1-4-5-6-7-8-9-10-11-15-20-18(3)19-14-12-13-17(2)16-19/h12-14,16,18,20H,4-11,15H2,1-3H3/t18-/m1/s1. The molecule has 0 fully saturated rings. The van der Waals surface area contributed by atoms with E-state index in [1.54, 1.807) is 0 Å². The molecule has 0 aromatic heterocycles. The molecule has 0 unspecified atom stereocenters. The molecule has 1 nitrogen and oxygen atoms in total. The molecule has 0 aliphatic carbocycles. The van der Waals surface area contributed by atoms with E-state index in [0.29, 0.717) is 6.04 Å². The summed E-state index contributed by atoms with van der Waals surface area (Å²) in [4.78, 5) is 0. The van der Waals surface area contributed by atoms with Crippen molar-refractivity contribution in [2.45, 2.75) is 78.2 Å². The van der Waals surface area contributed by atoms with Gasteiger partial charge in [-0.1, -0.05) is 81.7 Å². The summed E-state index contributed by atoms with van der Waals surface area (Å²) in [6.07, 6.45) is 11.1. The zero-order valence-electron chi connectivity index (χ0n) is 13.8. The number of hydrogen-bond acceptors (Lipinski definition) is 1. The number of unbranched alkanes of at least 4 members (excludes halogenated alkanes) is 7. The molecular weight excluding hydrogens is 242 g/mol. The molecule has 0 saturated heterocycles. The minimum Gasteiger partial charge on any atom is -0.310 e. The Hall–Kier alpha value is -0.820. The van der Waals surface area contributed by atoms with Crippen LogP contribution in [0.2, 0.25) is 0 Å². The largest absolute Gasteiger partial charge is 0.310 e. The van der Waals surface area contributed by atoms with Crippen molar-refractivity contribution in [1.29, 1.82) is 0 Å². The first-order valence-corrected chi connectivity index (χ1v) is 8.54. The molecule has 20 heavy (non-hydrogen) atoms. The van der Waals surface area contributed by atoms with Gasteiger partial charge in [-0.05, 0) is 32.4 Å². The zero-order chi connectivity index (χ0) is 14.6. The van der Waals surface area contributed by atoms with E-state index < -0.39 is 0 Å². The molecule has 0 heterocycles. The summed E-state index contributed by atoms with van der Waals surface area (Å²) in [5.74, 6) is 0. The average Bonchev–Trinajstić information content (AvgIpc) is 2.45. The van der Waals surface area contributed by atoms with E-state index in [-0.39, 0.29) is 0 Å². The second-order valence-corrected chi connectivity index (χ2v) is 6.06. The van der Waals surface area contributed by atoms with Crippen molar-refractivity contribution in [2.75, 3.05) is 6.54 Å². The molecule has 114 valence electrons. The topological polar surface area (TPSA) is 12.0 Å². The predicted octanol–water partition coefficient (Wildman–Crippen LogP) is 5.79. The van der Waals surface area contributed by atoms with Gasteiger partial charge >= 0.3 is 0 Å². The molecule has 1 aromatic rings. The molecule has 0 amide bonds. The Morgan fingerprint density at radius 1 is 0.950 bits per heavy atom. The van der Waals surface area contributed by atoms with Gasteiger partial charge in [-0.2, -0.15) is 0 Å². The van der Waals surface area contributed by atoms with E-state index in [1.165, 1.54) is 62.5 Å². The second-order valence-electron chi connectivity index (χ2n) is 6.06. The average molecular weight is 275 g/mol. The maximum atomic E-state index is 3.64. The summed E-state index contributed by atoms with van der Waals surface area (Å²) in [6.45, 7) is 7.85. The van der Waals surface area contributed by atoms with E-state index in [1.807, 2.05) is 0 Å². The third-order valence-corrected chi connectivity index (χ3v) is 4.02. The Labute approximate surface area is 126 Å². The lowest BCUT2D eigenvalue weighted by Crippen LogP contribution is -2.19. The summed E-state index contributed by atoms with van der Waals surface area (Å²) in [7, 11) is 0. The molecule has 1 rings (SSSR count). The van der Waals surface area contributed by atoms with Crippen LogP contribution < -0.4 is 5.32 Å². The van der Waals surface area contributed by atoms with Crippen LogP contribution in [-0.4, -0.2) is 6.54 Å². The fraction of sp³-hybridized carbons (Fsp3) is 0.684. The first kappa shape index (κ1) is 17.2. The minimum atomic E-state index is 0.472. The number of nitrogens with one attached hydrogen (secondary N) is 1. The lowest BCUT2D eigenvalue weighted by atomic mass is 10.1. The van der Waals surface area contributed by atoms with E-state index in [4.69, 9.17) is 0 Å². The van der Waals surface area contributed by atoms with E-state index in [9.17, 15) is 0 Å². The SMILES string of the molecule is CCCCCCCCCCN[C@H](C)c1cccc(C)c1. The van der Waals surface area contributed by atoms with Crippen LogP contribution in [0.15, 0.2) is 24.3 Å². The maximum absolute atomic E-state index is 3.64. The molecule has 0 saturated carbocycles. The van der Waals surface area contributed by atoms with Gasteiger partial charge in [0.1, 0.15) is 0 Å². The monoisotopic (exact) mass is 275 g/mol. The summed E-state index contributed by atoms with van der Waals surface area (Å²) in [6, 6.07) is 9.29. The van der Waals surface area contributed by atoms with Gasteiger partial charge < -0.3 is 5.32 Å². The third kappa shape index (κ3) is 7.69. The number of rotatable bonds is 11. The van der Waals surface area contributed by atoms with Crippen LogP contribution in [0.3, 0.4) is 0 Å². The molecule has 0 radical (unpaired) electrons. The molecule has 1 N–H and O–H groups in total. The van der Waals surface area contributed by atoms with E-state index in [0.717, 1.165) is 6.54 Å². The van der Waals surface area contributed by atoms with Gasteiger partial charge in [0.2, 0.25) is 0 Å². The Morgan fingerprint density at radius 3 is 2.25 bits per heavy atom. The predicted molar refractivity (Wildman–Crippen MR) is 90.2 cm³/mol. The quantitative estimate of drug-likeness (QED) is 0.504. The molecule has 1 heteroatoms. The van der Waals surface area contributed by atoms with Crippen LogP contribution in [0.4, 0.5) is 0 Å². The van der Waals surface area contributed by atoms with Crippen LogP contribution in [0, 0.1) is 6.92 Å². The second kappa shape index (κ2) is 10.9. The van der Waals surface area contributed by atoms with Gasteiger partial charge in [-0.3, -0.25) is 0 Å². The van der Waals surface area contributed by atoms with Crippen molar-refractivity contribution in [2.24, 2.45) is 0 Å². The summed E-state index contributed by atoms with van der Waals surface area (Å²) >= 11 is 0. The van der Waals surface area contributed by atoms with Crippen LogP contribution >= 0.6 is 0 Å². The van der Waals surface area contributed by atoms with Gasteiger partial charge in [-0.25, -0.2) is 0 Å². The highest BCUT2D eigenvalue weighted by molar-refractivity contribution is 5.24. The fourth-order valence-corrected chi connectivity index (χ4v) is 2.63. The smallest absolute Gasteiger partial charge is 0.0291 e. The normalized spacial score (nSPS) is 12.6. The van der Waals surface area contributed by atoms with E-state index in [2.05, 4.69) is 50.4 Å². The summed E-state index contributed by atoms with van der Waals surface area (Å²) in [5.41, 5.74) is 2.76. The molecule has 0 aliphatic rings. The summed E-state index contributed by atoms with van der Waals surface area (Å²) < 4.78 is 0. The fourth-order valence-electron chi connectivity index (χ4n) is 2.63. The lowest BCUT2D eigenvalue weighted by Gasteiger charge is -2.14. The van der Waals surface area contributed by atoms with Crippen molar-refractivity contribution in [3.8, 4) is 0 Å². The van der Waals surface area contributed by atoms with Crippen molar-refractivity contribution < 1.29 is 0 Å². The van der Waals surface area contributed by atoms with Crippen LogP contribution in [0.1, 0.15) is 82.4 Å². The first-order chi connectivity index (χ1) is 9.74. The third-order valence-electron chi connectivity index (χ3n) is 4.02. The molecular formula is C19H33N. The highest BCUT2D eigenvalue weighted by Crippen LogP contribution is 2.14. The minimum absolute atomic E-state index is 0.472. The molecule has 0 spiro atoms. The van der Waals surface area contributed by atoms with Crippen molar-refractivity contribution >= 4 is 0 Å². The Kier molecular flexibility index (Phi) is 9.40. The molecule has 0 bridgehead atoms. The number of benzene rings is 1. The van der Waals surface area contributed by atoms with Gasteiger partial charge in [0.25, 0.3) is 0 Å². The van der Waals surface area contributed by atoms with Gasteiger partial charge in [0.15, 0.2) is 0 Å². The van der Waals surface area contributed by atoms with Crippen molar-refractivity contribution in [3.05, 3.63) is 35.4 Å². The molecule has 1 atom stereocenters. The summed E-state index contributed by atoms with van der Waals surface area (Å²) in [5, 5.41) is 3.64. The van der Waals surface area contributed by atoms with Crippen LogP contribution in [-0.2, 0) is 0 Å². The number of aryl methyl sites for hydroxylation is 1. The van der Waals surface area contributed by atoms with Gasteiger partial charge in [0, 0.05) is 6.04 Å². The van der Waals surface area contributed by atoms with Gasteiger partial charge in [-0.15, -0.1) is 0 Å². The zero-order valence-corrected chi connectivity index (χ0v) is 13.8. The maximum Gasteiger partial charge on any atom is 0.0291 e. The first-order valence-electron chi connectivity index (χ1n) is 8.54. The van der Waals surface area contributed by atoms with Crippen molar-refractivity contribution in [1.82, 2.24) is 5.32 Å². The highest BCUT2D eigenvalue weighted by atomic mass is 14.9. The number of hydrogen-bond donors (Lipinski definition) is 1. The lowest BCUT2D eigenvalue weighted by molar-refractivity contribution is 0.521. The van der Waals surface area contributed by atoms with Crippen LogP contribution in [0.25, 0.3) is 0 Å².